The maximum absolute atomic E-state index is 3.47. The predicted molar refractivity (Wildman–Crippen MR) is 72.9 cm³/mol. The summed E-state index contributed by atoms with van der Waals surface area (Å²) in [6.07, 6.45) is 6.22. The molecule has 0 unspecified atom stereocenters. The smallest absolute Gasteiger partial charge is 0.00970 e. The Morgan fingerprint density at radius 1 is 0.933 bits per heavy atom. The zero-order valence-corrected chi connectivity index (χ0v) is 11.7. The van der Waals surface area contributed by atoms with Crippen LogP contribution in [0.25, 0.3) is 0 Å². The number of unbranched alkanes of at least 4 members (excludes halogenated alkanes) is 2. The maximum atomic E-state index is 3.47. The molecule has 0 saturated heterocycles. The van der Waals surface area contributed by atoms with Gasteiger partial charge in [-0.2, -0.15) is 11.8 Å². The van der Waals surface area contributed by atoms with E-state index in [1.54, 1.807) is 0 Å². The van der Waals surface area contributed by atoms with E-state index in [0.717, 1.165) is 13.1 Å². The van der Waals surface area contributed by atoms with Gasteiger partial charge < -0.3 is 10.6 Å². The lowest BCUT2D eigenvalue weighted by Gasteiger charge is -2.20. The molecule has 0 heterocycles. The van der Waals surface area contributed by atoms with E-state index in [0.29, 0.717) is 0 Å². The maximum Gasteiger partial charge on any atom is 0.00970 e. The van der Waals surface area contributed by atoms with E-state index >= 15 is 0 Å². The molecule has 3 heteroatoms. The first kappa shape index (κ1) is 15.3. The number of nitrogens with one attached hydrogen (secondary N) is 2. The molecule has 0 aliphatic rings. The van der Waals surface area contributed by atoms with Gasteiger partial charge in [0.1, 0.15) is 0 Å². The Balaban J connectivity index is 2.99. The van der Waals surface area contributed by atoms with Crippen LogP contribution < -0.4 is 10.6 Å². The van der Waals surface area contributed by atoms with Gasteiger partial charge in [-0.05, 0) is 52.2 Å². The van der Waals surface area contributed by atoms with Gasteiger partial charge in [-0.25, -0.2) is 0 Å². The standard InChI is InChI=1S/C12H28N2S/c1-12(2,3)14-10-9-13-8-6-5-7-11-15-4/h13-14H,5-11H2,1-4H3. The van der Waals surface area contributed by atoms with Gasteiger partial charge in [0, 0.05) is 18.6 Å². The van der Waals surface area contributed by atoms with E-state index in [4.69, 9.17) is 0 Å². The van der Waals surface area contributed by atoms with Crippen molar-refractivity contribution in [3.63, 3.8) is 0 Å². The lowest BCUT2D eigenvalue weighted by molar-refractivity contribution is 0.421. The first-order chi connectivity index (χ1) is 7.06. The Morgan fingerprint density at radius 3 is 2.27 bits per heavy atom. The van der Waals surface area contributed by atoms with Crippen molar-refractivity contribution < 1.29 is 0 Å². The van der Waals surface area contributed by atoms with Crippen LogP contribution >= 0.6 is 11.8 Å². The van der Waals surface area contributed by atoms with E-state index in [2.05, 4.69) is 37.7 Å². The van der Waals surface area contributed by atoms with E-state index < -0.39 is 0 Å². The number of rotatable bonds is 9. The van der Waals surface area contributed by atoms with Gasteiger partial charge in [0.2, 0.25) is 0 Å². The summed E-state index contributed by atoms with van der Waals surface area (Å²) in [6, 6.07) is 0. The van der Waals surface area contributed by atoms with Crippen LogP contribution in [0.2, 0.25) is 0 Å². The van der Waals surface area contributed by atoms with Gasteiger partial charge >= 0.3 is 0 Å². The molecular formula is C12H28N2S. The summed E-state index contributed by atoms with van der Waals surface area (Å²) in [5.74, 6) is 1.31. The SMILES string of the molecule is CSCCCCCNCCNC(C)(C)C. The third-order valence-electron chi connectivity index (χ3n) is 2.16. The molecule has 0 aromatic heterocycles. The minimum Gasteiger partial charge on any atom is -0.315 e. The van der Waals surface area contributed by atoms with Crippen molar-refractivity contribution >= 4 is 11.8 Å². The van der Waals surface area contributed by atoms with Crippen molar-refractivity contribution in [2.75, 3.05) is 31.6 Å². The molecule has 0 spiro atoms. The molecule has 0 aromatic carbocycles. The highest BCUT2D eigenvalue weighted by Gasteiger charge is 2.06. The Labute approximate surface area is 100.0 Å². The van der Waals surface area contributed by atoms with Crippen LogP contribution in [0.3, 0.4) is 0 Å². The molecule has 2 nitrogen and oxygen atoms in total. The van der Waals surface area contributed by atoms with Crippen molar-refractivity contribution in [3.05, 3.63) is 0 Å². The van der Waals surface area contributed by atoms with Gasteiger partial charge in [0.25, 0.3) is 0 Å². The lowest BCUT2D eigenvalue weighted by atomic mass is 10.1. The Kier molecular flexibility index (Phi) is 9.66. The van der Waals surface area contributed by atoms with E-state index in [9.17, 15) is 0 Å². The average molecular weight is 232 g/mol. The fourth-order valence-corrected chi connectivity index (χ4v) is 1.82. The molecule has 92 valence electrons. The molecule has 2 N–H and O–H groups in total. The molecule has 0 saturated carbocycles. The zero-order valence-electron chi connectivity index (χ0n) is 10.9. The first-order valence-electron chi connectivity index (χ1n) is 6.01. The van der Waals surface area contributed by atoms with Gasteiger partial charge in [-0.15, -0.1) is 0 Å². The van der Waals surface area contributed by atoms with E-state index in [1.165, 1.54) is 31.6 Å². The van der Waals surface area contributed by atoms with Crippen LogP contribution in [-0.4, -0.2) is 37.2 Å². The quantitative estimate of drug-likeness (QED) is 0.597. The number of thioether (sulfide) groups is 1. The normalized spacial score (nSPS) is 12.0. The highest BCUT2D eigenvalue weighted by molar-refractivity contribution is 7.98. The van der Waals surface area contributed by atoms with Crippen LogP contribution in [0.5, 0.6) is 0 Å². The van der Waals surface area contributed by atoms with Crippen LogP contribution in [0.1, 0.15) is 40.0 Å². The Hall–Kier alpha value is 0.270. The lowest BCUT2D eigenvalue weighted by Crippen LogP contribution is -2.40. The molecule has 0 bridgehead atoms. The number of hydrogen-bond donors (Lipinski definition) is 2. The summed E-state index contributed by atoms with van der Waals surface area (Å²) in [5.41, 5.74) is 0.250. The van der Waals surface area contributed by atoms with E-state index in [1.807, 2.05) is 11.8 Å². The summed E-state index contributed by atoms with van der Waals surface area (Å²) < 4.78 is 0. The Bertz CT molecular complexity index is 132. The summed E-state index contributed by atoms with van der Waals surface area (Å²) in [4.78, 5) is 0. The average Bonchev–Trinajstić information content (AvgIpc) is 2.14. The van der Waals surface area contributed by atoms with Crippen LogP contribution in [0.15, 0.2) is 0 Å². The summed E-state index contributed by atoms with van der Waals surface area (Å²) >= 11 is 1.95. The Morgan fingerprint density at radius 2 is 1.67 bits per heavy atom. The van der Waals surface area contributed by atoms with Crippen LogP contribution in [-0.2, 0) is 0 Å². The van der Waals surface area contributed by atoms with Crippen molar-refractivity contribution in [3.8, 4) is 0 Å². The van der Waals surface area contributed by atoms with Gasteiger partial charge in [-0.3, -0.25) is 0 Å². The number of hydrogen-bond acceptors (Lipinski definition) is 3. The minimum atomic E-state index is 0.250. The molecule has 0 aromatic rings. The highest BCUT2D eigenvalue weighted by atomic mass is 32.2. The predicted octanol–water partition coefficient (Wildman–Crippen LogP) is 2.50. The van der Waals surface area contributed by atoms with Gasteiger partial charge in [0.05, 0.1) is 0 Å². The molecule has 0 aliphatic heterocycles. The van der Waals surface area contributed by atoms with Gasteiger partial charge in [0.15, 0.2) is 0 Å². The van der Waals surface area contributed by atoms with Crippen molar-refractivity contribution in [1.29, 1.82) is 0 Å². The van der Waals surface area contributed by atoms with Crippen molar-refractivity contribution in [2.24, 2.45) is 0 Å². The largest absolute Gasteiger partial charge is 0.315 e. The highest BCUT2D eigenvalue weighted by Crippen LogP contribution is 2.01. The summed E-state index contributed by atoms with van der Waals surface area (Å²) in [7, 11) is 0. The molecule has 15 heavy (non-hydrogen) atoms. The fourth-order valence-electron chi connectivity index (χ4n) is 1.32. The molecular weight excluding hydrogens is 204 g/mol. The topological polar surface area (TPSA) is 24.1 Å². The summed E-state index contributed by atoms with van der Waals surface area (Å²) in [6.45, 7) is 9.93. The minimum absolute atomic E-state index is 0.250. The molecule has 0 fully saturated rings. The second-order valence-corrected chi connectivity index (χ2v) is 5.97. The van der Waals surface area contributed by atoms with Crippen LogP contribution in [0.4, 0.5) is 0 Å². The monoisotopic (exact) mass is 232 g/mol. The third-order valence-corrected chi connectivity index (χ3v) is 2.86. The zero-order chi connectivity index (χ0) is 11.6. The molecule has 0 aliphatic carbocycles. The van der Waals surface area contributed by atoms with Crippen molar-refractivity contribution in [1.82, 2.24) is 10.6 Å². The molecule has 0 atom stereocenters. The van der Waals surface area contributed by atoms with Gasteiger partial charge in [-0.1, -0.05) is 6.42 Å². The molecule has 0 amide bonds. The summed E-state index contributed by atoms with van der Waals surface area (Å²) in [5, 5.41) is 6.93. The van der Waals surface area contributed by atoms with E-state index in [-0.39, 0.29) is 5.54 Å². The van der Waals surface area contributed by atoms with Crippen LogP contribution in [0, 0.1) is 0 Å². The molecule has 0 rings (SSSR count). The van der Waals surface area contributed by atoms with Crippen molar-refractivity contribution in [2.45, 2.75) is 45.6 Å². The first-order valence-corrected chi connectivity index (χ1v) is 7.40. The second-order valence-electron chi connectivity index (χ2n) is 4.98. The fraction of sp³-hybridized carbons (Fsp3) is 1.00. The second kappa shape index (κ2) is 9.49. The molecule has 0 radical (unpaired) electrons. The third kappa shape index (κ3) is 14.3.